The van der Waals surface area contributed by atoms with Crippen LogP contribution in [0.2, 0.25) is 0 Å². The molecule has 1 aliphatic carbocycles. The molecule has 0 aromatic carbocycles. The van der Waals surface area contributed by atoms with Gasteiger partial charge in [-0.3, -0.25) is 0 Å². The van der Waals surface area contributed by atoms with Crippen LogP contribution in [0.1, 0.15) is 39.0 Å². The number of aliphatic hydroxyl groups is 1. The van der Waals surface area contributed by atoms with Crippen molar-refractivity contribution in [1.29, 1.82) is 0 Å². The maximum atomic E-state index is 8.80. The van der Waals surface area contributed by atoms with E-state index >= 15 is 0 Å². The molecule has 0 radical (unpaired) electrons. The normalized spacial score (nSPS) is 28.2. The Hall–Kier alpha value is 0.270. The van der Waals surface area contributed by atoms with Crippen molar-refractivity contribution in [3.8, 4) is 0 Å². The summed E-state index contributed by atoms with van der Waals surface area (Å²) in [6.45, 7) is 2.54. The summed E-state index contributed by atoms with van der Waals surface area (Å²) in [7, 11) is 2.09. The number of rotatable bonds is 7. The molecule has 0 aliphatic heterocycles. The summed E-state index contributed by atoms with van der Waals surface area (Å²) in [6.07, 6.45) is 6.43. The fourth-order valence-electron chi connectivity index (χ4n) is 2.45. The zero-order valence-electron chi connectivity index (χ0n) is 10.0. The van der Waals surface area contributed by atoms with E-state index < -0.39 is 0 Å². The van der Waals surface area contributed by atoms with Crippen molar-refractivity contribution < 1.29 is 5.11 Å². The van der Waals surface area contributed by atoms with Crippen molar-refractivity contribution in [1.82, 2.24) is 5.32 Å². The molecule has 1 rings (SSSR count). The number of hydrogen-bond acceptors (Lipinski definition) is 3. The topological polar surface area (TPSA) is 32.3 Å². The van der Waals surface area contributed by atoms with Crippen LogP contribution in [0.5, 0.6) is 0 Å². The van der Waals surface area contributed by atoms with Gasteiger partial charge in [0.15, 0.2) is 0 Å². The smallest absolute Gasteiger partial charge is 0.0441 e. The van der Waals surface area contributed by atoms with Gasteiger partial charge >= 0.3 is 0 Å². The summed E-state index contributed by atoms with van der Waals surface area (Å²) in [6, 6.07) is 0.763. The first-order chi connectivity index (χ1) is 7.27. The third-order valence-corrected chi connectivity index (χ3v) is 4.73. The highest BCUT2D eigenvalue weighted by Gasteiger charge is 2.25. The van der Waals surface area contributed by atoms with Gasteiger partial charge in [-0.15, -0.1) is 0 Å². The number of nitrogens with one attached hydrogen (secondary N) is 1. The molecule has 0 aromatic rings. The summed E-state index contributed by atoms with van der Waals surface area (Å²) >= 11 is 2.01. The fourth-order valence-corrected chi connectivity index (χ4v) is 3.56. The minimum atomic E-state index is 0.330. The van der Waals surface area contributed by atoms with Crippen molar-refractivity contribution in [3.05, 3.63) is 0 Å². The quantitative estimate of drug-likeness (QED) is 0.705. The van der Waals surface area contributed by atoms with E-state index in [0.717, 1.165) is 18.4 Å². The number of thioether (sulfide) groups is 1. The molecule has 0 saturated heterocycles. The molecule has 0 bridgehead atoms. The molecule has 2 nitrogen and oxygen atoms in total. The zero-order valence-corrected chi connectivity index (χ0v) is 10.9. The Morgan fingerprint density at radius 2 is 2.27 bits per heavy atom. The van der Waals surface area contributed by atoms with Crippen molar-refractivity contribution in [2.24, 2.45) is 5.92 Å². The van der Waals surface area contributed by atoms with Crippen molar-refractivity contribution in [2.45, 2.75) is 50.3 Å². The summed E-state index contributed by atoms with van der Waals surface area (Å²) in [5.74, 6) is 2.15. The van der Waals surface area contributed by atoms with E-state index in [4.69, 9.17) is 5.11 Å². The van der Waals surface area contributed by atoms with E-state index in [0.29, 0.717) is 11.9 Å². The molecule has 0 heterocycles. The summed E-state index contributed by atoms with van der Waals surface area (Å²) in [5, 5.41) is 12.8. The molecule has 1 aliphatic rings. The van der Waals surface area contributed by atoms with Gasteiger partial charge in [-0.2, -0.15) is 11.8 Å². The molecule has 15 heavy (non-hydrogen) atoms. The second-order valence-electron chi connectivity index (χ2n) is 4.57. The van der Waals surface area contributed by atoms with E-state index in [2.05, 4.69) is 19.3 Å². The molecule has 0 aromatic heterocycles. The maximum Gasteiger partial charge on any atom is 0.0441 e. The van der Waals surface area contributed by atoms with E-state index in [1.54, 1.807) is 0 Å². The third-order valence-electron chi connectivity index (χ3n) is 3.46. The Bertz CT molecular complexity index is 166. The van der Waals surface area contributed by atoms with Crippen LogP contribution in [-0.4, -0.2) is 35.8 Å². The average Bonchev–Trinajstić information content (AvgIpc) is 2.66. The highest BCUT2D eigenvalue weighted by molar-refractivity contribution is 7.99. The van der Waals surface area contributed by atoms with Crippen molar-refractivity contribution in [2.75, 3.05) is 19.4 Å². The highest BCUT2D eigenvalue weighted by Crippen LogP contribution is 2.30. The van der Waals surface area contributed by atoms with E-state index in [9.17, 15) is 0 Å². The lowest BCUT2D eigenvalue weighted by molar-refractivity contribution is 0.289. The lowest BCUT2D eigenvalue weighted by Gasteiger charge is -2.19. The molecule has 3 atom stereocenters. The summed E-state index contributed by atoms with van der Waals surface area (Å²) < 4.78 is 0. The van der Waals surface area contributed by atoms with Crippen LogP contribution in [0.25, 0.3) is 0 Å². The Labute approximate surface area is 98.2 Å². The van der Waals surface area contributed by atoms with Crippen LogP contribution in [0.15, 0.2) is 0 Å². The van der Waals surface area contributed by atoms with Crippen molar-refractivity contribution in [3.63, 3.8) is 0 Å². The van der Waals surface area contributed by atoms with Crippen LogP contribution >= 0.6 is 11.8 Å². The minimum Gasteiger partial charge on any atom is -0.396 e. The highest BCUT2D eigenvalue weighted by atomic mass is 32.2. The van der Waals surface area contributed by atoms with E-state index in [1.165, 1.54) is 31.4 Å². The first-order valence-electron chi connectivity index (χ1n) is 6.17. The molecule has 0 spiro atoms. The Balaban J connectivity index is 2.08. The monoisotopic (exact) mass is 231 g/mol. The van der Waals surface area contributed by atoms with Gasteiger partial charge in [-0.05, 0) is 44.4 Å². The van der Waals surface area contributed by atoms with Gasteiger partial charge in [0.2, 0.25) is 0 Å². The minimum absolute atomic E-state index is 0.330. The largest absolute Gasteiger partial charge is 0.396 e. The van der Waals surface area contributed by atoms with E-state index in [-0.39, 0.29) is 0 Å². The molecule has 90 valence electrons. The maximum absolute atomic E-state index is 8.80. The Morgan fingerprint density at radius 1 is 1.47 bits per heavy atom. The van der Waals surface area contributed by atoms with Gasteiger partial charge < -0.3 is 10.4 Å². The van der Waals surface area contributed by atoms with Crippen LogP contribution in [0.4, 0.5) is 0 Å². The van der Waals surface area contributed by atoms with Crippen LogP contribution < -0.4 is 5.32 Å². The van der Waals surface area contributed by atoms with Gasteiger partial charge in [-0.1, -0.05) is 13.3 Å². The van der Waals surface area contributed by atoms with Crippen LogP contribution in [0.3, 0.4) is 0 Å². The standard InChI is InChI=1S/C12H25NOS/c1-10(6-8-14)15-9-7-11-4-3-5-12(11)13-2/h10-14H,3-9H2,1-2H3. The second-order valence-corrected chi connectivity index (χ2v) is 6.11. The van der Waals surface area contributed by atoms with E-state index in [1.807, 2.05) is 11.8 Å². The van der Waals surface area contributed by atoms with Gasteiger partial charge in [0.05, 0.1) is 0 Å². The van der Waals surface area contributed by atoms with Crippen molar-refractivity contribution >= 4 is 11.8 Å². The molecule has 1 fully saturated rings. The molecule has 2 N–H and O–H groups in total. The lowest BCUT2D eigenvalue weighted by Crippen LogP contribution is -2.29. The molecule has 3 heteroatoms. The lowest BCUT2D eigenvalue weighted by atomic mass is 10.0. The predicted octanol–water partition coefficient (Wildman–Crippen LogP) is 2.27. The summed E-state index contributed by atoms with van der Waals surface area (Å²) in [4.78, 5) is 0. The van der Waals surface area contributed by atoms with Gasteiger partial charge in [0, 0.05) is 17.9 Å². The average molecular weight is 231 g/mol. The molecule has 3 unspecified atom stereocenters. The fraction of sp³-hybridized carbons (Fsp3) is 1.00. The van der Waals surface area contributed by atoms with Gasteiger partial charge in [0.25, 0.3) is 0 Å². The van der Waals surface area contributed by atoms with Gasteiger partial charge in [0.1, 0.15) is 0 Å². The first kappa shape index (κ1) is 13.3. The predicted molar refractivity (Wildman–Crippen MR) is 68.4 cm³/mol. The molecular formula is C12H25NOS. The summed E-state index contributed by atoms with van der Waals surface area (Å²) in [5.41, 5.74) is 0. The number of hydrogen-bond donors (Lipinski definition) is 2. The molecule has 0 amide bonds. The Kier molecular flexibility index (Phi) is 6.69. The SMILES string of the molecule is CNC1CCCC1CCSC(C)CCO. The van der Waals surface area contributed by atoms with Gasteiger partial charge in [-0.25, -0.2) is 0 Å². The first-order valence-corrected chi connectivity index (χ1v) is 7.22. The molecule has 1 saturated carbocycles. The van der Waals surface area contributed by atoms with Crippen LogP contribution in [-0.2, 0) is 0 Å². The number of aliphatic hydroxyl groups excluding tert-OH is 1. The zero-order chi connectivity index (χ0) is 11.1. The van der Waals surface area contributed by atoms with Crippen LogP contribution in [0, 0.1) is 5.92 Å². The third kappa shape index (κ3) is 4.75. The molecular weight excluding hydrogens is 206 g/mol. The Morgan fingerprint density at radius 3 is 2.93 bits per heavy atom. The second kappa shape index (κ2) is 7.53.